The first kappa shape index (κ1) is 13.1. The summed E-state index contributed by atoms with van der Waals surface area (Å²) in [6, 6.07) is 0. The molecule has 1 aromatic heterocycles. The van der Waals surface area contributed by atoms with Crippen LogP contribution in [0, 0.1) is 0 Å². The SMILES string of the molecule is CCc1ncc(C(=O)NCCN(C)CC)s1. The molecule has 1 aromatic rings. The Labute approximate surface area is 101 Å². The average molecular weight is 241 g/mol. The van der Waals surface area contributed by atoms with Gasteiger partial charge in [0.25, 0.3) is 5.91 Å². The molecule has 16 heavy (non-hydrogen) atoms. The summed E-state index contributed by atoms with van der Waals surface area (Å²) in [5.41, 5.74) is 0. The standard InChI is InChI=1S/C11H19N3OS/c1-4-10-13-8-9(16-10)11(15)12-6-7-14(3)5-2/h8H,4-7H2,1-3H3,(H,12,15). The number of aromatic nitrogens is 1. The van der Waals surface area contributed by atoms with Crippen LogP contribution in [-0.4, -0.2) is 42.5 Å². The van der Waals surface area contributed by atoms with Crippen molar-refractivity contribution in [1.82, 2.24) is 15.2 Å². The second-order valence-corrected chi connectivity index (χ2v) is 4.74. The number of amides is 1. The summed E-state index contributed by atoms with van der Waals surface area (Å²) in [5.74, 6) is -0.0123. The van der Waals surface area contributed by atoms with Crippen molar-refractivity contribution in [1.29, 1.82) is 0 Å². The minimum Gasteiger partial charge on any atom is -0.350 e. The molecule has 0 saturated carbocycles. The van der Waals surface area contributed by atoms with Crippen molar-refractivity contribution in [2.45, 2.75) is 20.3 Å². The number of hydrogen-bond donors (Lipinski definition) is 1. The van der Waals surface area contributed by atoms with Gasteiger partial charge in [0.05, 0.1) is 11.2 Å². The van der Waals surface area contributed by atoms with Crippen LogP contribution in [0.1, 0.15) is 28.5 Å². The molecule has 5 heteroatoms. The molecule has 0 radical (unpaired) electrons. The number of nitrogens with zero attached hydrogens (tertiary/aromatic N) is 2. The Kier molecular flexibility index (Phi) is 5.42. The van der Waals surface area contributed by atoms with E-state index in [1.165, 1.54) is 11.3 Å². The first-order chi connectivity index (χ1) is 7.67. The summed E-state index contributed by atoms with van der Waals surface area (Å²) in [6.45, 7) is 6.69. The van der Waals surface area contributed by atoms with E-state index < -0.39 is 0 Å². The Balaban J connectivity index is 2.35. The van der Waals surface area contributed by atoms with Crippen LogP contribution in [-0.2, 0) is 6.42 Å². The van der Waals surface area contributed by atoms with Gasteiger partial charge in [0.2, 0.25) is 0 Å². The van der Waals surface area contributed by atoms with Gasteiger partial charge >= 0.3 is 0 Å². The van der Waals surface area contributed by atoms with Gasteiger partial charge in [-0.05, 0) is 20.0 Å². The first-order valence-electron chi connectivity index (χ1n) is 5.58. The number of likely N-dealkylation sites (N-methyl/N-ethyl adjacent to an activating group) is 1. The molecule has 0 saturated heterocycles. The Bertz CT molecular complexity index is 338. The number of thiazole rings is 1. The van der Waals surface area contributed by atoms with Crippen LogP contribution in [0.15, 0.2) is 6.20 Å². The Hall–Kier alpha value is -0.940. The van der Waals surface area contributed by atoms with Crippen LogP contribution in [0.25, 0.3) is 0 Å². The lowest BCUT2D eigenvalue weighted by atomic mass is 10.4. The van der Waals surface area contributed by atoms with Crippen molar-refractivity contribution in [3.63, 3.8) is 0 Å². The fourth-order valence-corrected chi connectivity index (χ4v) is 1.96. The second-order valence-electron chi connectivity index (χ2n) is 3.62. The summed E-state index contributed by atoms with van der Waals surface area (Å²) in [5, 5.41) is 3.90. The third-order valence-corrected chi connectivity index (χ3v) is 3.54. The lowest BCUT2D eigenvalue weighted by molar-refractivity contribution is 0.0954. The second kappa shape index (κ2) is 6.60. The number of aryl methyl sites for hydroxylation is 1. The molecule has 4 nitrogen and oxygen atoms in total. The molecule has 0 aliphatic rings. The summed E-state index contributed by atoms with van der Waals surface area (Å²) < 4.78 is 0. The number of nitrogens with one attached hydrogen (secondary N) is 1. The van der Waals surface area contributed by atoms with Gasteiger partial charge in [-0.2, -0.15) is 0 Å². The maximum absolute atomic E-state index is 11.7. The molecule has 0 aliphatic carbocycles. The molecular weight excluding hydrogens is 222 g/mol. The maximum Gasteiger partial charge on any atom is 0.263 e. The fraction of sp³-hybridized carbons (Fsp3) is 0.636. The van der Waals surface area contributed by atoms with E-state index in [0.717, 1.165) is 24.5 Å². The molecule has 1 rings (SSSR count). The van der Waals surface area contributed by atoms with Crippen LogP contribution in [0.2, 0.25) is 0 Å². The summed E-state index contributed by atoms with van der Waals surface area (Å²) in [7, 11) is 2.04. The highest BCUT2D eigenvalue weighted by molar-refractivity contribution is 7.13. The quantitative estimate of drug-likeness (QED) is 0.818. The van der Waals surface area contributed by atoms with Gasteiger partial charge in [-0.3, -0.25) is 4.79 Å². The molecule has 0 spiro atoms. The molecule has 0 bridgehead atoms. The topological polar surface area (TPSA) is 45.2 Å². The van der Waals surface area contributed by atoms with Crippen LogP contribution < -0.4 is 5.32 Å². The van der Waals surface area contributed by atoms with Crippen molar-refractivity contribution in [2.75, 3.05) is 26.7 Å². The van der Waals surface area contributed by atoms with E-state index in [9.17, 15) is 4.79 Å². The van der Waals surface area contributed by atoms with E-state index in [4.69, 9.17) is 0 Å². The van der Waals surface area contributed by atoms with E-state index >= 15 is 0 Å². The minimum atomic E-state index is -0.0123. The lowest BCUT2D eigenvalue weighted by Gasteiger charge is -2.13. The Morgan fingerprint density at radius 2 is 2.31 bits per heavy atom. The van der Waals surface area contributed by atoms with E-state index in [0.29, 0.717) is 11.4 Å². The highest BCUT2D eigenvalue weighted by Crippen LogP contribution is 2.12. The zero-order valence-electron chi connectivity index (χ0n) is 10.1. The third kappa shape index (κ3) is 3.90. The van der Waals surface area contributed by atoms with Crippen LogP contribution in [0.4, 0.5) is 0 Å². The largest absolute Gasteiger partial charge is 0.350 e. The van der Waals surface area contributed by atoms with Crippen LogP contribution in [0.3, 0.4) is 0 Å². The van der Waals surface area contributed by atoms with Crippen molar-refractivity contribution < 1.29 is 4.79 Å². The normalized spacial score (nSPS) is 10.8. The molecule has 90 valence electrons. The average Bonchev–Trinajstić information content (AvgIpc) is 2.77. The van der Waals surface area contributed by atoms with Crippen LogP contribution >= 0.6 is 11.3 Å². The van der Waals surface area contributed by atoms with Gasteiger partial charge in [0.1, 0.15) is 4.88 Å². The molecule has 0 aromatic carbocycles. The highest BCUT2D eigenvalue weighted by atomic mass is 32.1. The Morgan fingerprint density at radius 1 is 1.56 bits per heavy atom. The van der Waals surface area contributed by atoms with Gasteiger partial charge in [0, 0.05) is 13.1 Å². The third-order valence-electron chi connectivity index (χ3n) is 2.40. The summed E-state index contributed by atoms with van der Waals surface area (Å²) >= 11 is 1.47. The monoisotopic (exact) mass is 241 g/mol. The molecular formula is C11H19N3OS. The Morgan fingerprint density at radius 3 is 2.88 bits per heavy atom. The van der Waals surface area contributed by atoms with Crippen molar-refractivity contribution in [3.05, 3.63) is 16.1 Å². The molecule has 0 atom stereocenters. The van der Waals surface area contributed by atoms with Crippen molar-refractivity contribution in [2.24, 2.45) is 0 Å². The van der Waals surface area contributed by atoms with Gasteiger partial charge in [-0.15, -0.1) is 11.3 Å². The zero-order chi connectivity index (χ0) is 12.0. The van der Waals surface area contributed by atoms with Gasteiger partial charge in [0.15, 0.2) is 0 Å². The fourth-order valence-electron chi connectivity index (χ4n) is 1.18. The number of rotatable bonds is 6. The first-order valence-corrected chi connectivity index (χ1v) is 6.40. The van der Waals surface area contributed by atoms with E-state index in [1.807, 2.05) is 14.0 Å². The van der Waals surface area contributed by atoms with Gasteiger partial charge < -0.3 is 10.2 Å². The molecule has 0 unspecified atom stereocenters. The lowest BCUT2D eigenvalue weighted by Crippen LogP contribution is -2.32. The van der Waals surface area contributed by atoms with E-state index in [1.54, 1.807) is 6.20 Å². The summed E-state index contributed by atoms with van der Waals surface area (Å²) in [4.78, 5) is 18.7. The highest BCUT2D eigenvalue weighted by Gasteiger charge is 2.09. The maximum atomic E-state index is 11.7. The van der Waals surface area contributed by atoms with Gasteiger partial charge in [-0.1, -0.05) is 13.8 Å². The number of carbonyl (C=O) groups excluding carboxylic acids is 1. The zero-order valence-corrected chi connectivity index (χ0v) is 10.9. The smallest absolute Gasteiger partial charge is 0.263 e. The predicted molar refractivity (Wildman–Crippen MR) is 67.0 cm³/mol. The van der Waals surface area contributed by atoms with Crippen molar-refractivity contribution in [3.8, 4) is 0 Å². The van der Waals surface area contributed by atoms with E-state index in [2.05, 4.69) is 22.1 Å². The number of hydrogen-bond acceptors (Lipinski definition) is 4. The minimum absolute atomic E-state index is 0.0123. The van der Waals surface area contributed by atoms with Crippen LogP contribution in [0.5, 0.6) is 0 Å². The molecule has 0 fully saturated rings. The molecule has 1 N–H and O–H groups in total. The molecule has 0 aliphatic heterocycles. The summed E-state index contributed by atoms with van der Waals surface area (Å²) in [6.07, 6.45) is 2.54. The molecule has 1 amide bonds. The molecule has 1 heterocycles. The van der Waals surface area contributed by atoms with Gasteiger partial charge in [-0.25, -0.2) is 4.98 Å². The van der Waals surface area contributed by atoms with Crippen molar-refractivity contribution >= 4 is 17.2 Å². The predicted octanol–water partition coefficient (Wildman–Crippen LogP) is 1.39. The van der Waals surface area contributed by atoms with E-state index in [-0.39, 0.29) is 5.91 Å². The number of carbonyl (C=O) groups is 1.